The van der Waals surface area contributed by atoms with Crippen molar-refractivity contribution >= 4 is 22.0 Å². The van der Waals surface area contributed by atoms with Crippen molar-refractivity contribution in [1.29, 1.82) is 0 Å². The fourth-order valence-electron chi connectivity index (χ4n) is 2.37. The van der Waals surface area contributed by atoms with Crippen LogP contribution in [0, 0.1) is 0 Å². The topological polar surface area (TPSA) is 133 Å². The van der Waals surface area contributed by atoms with E-state index in [4.69, 9.17) is 5.14 Å². The van der Waals surface area contributed by atoms with Crippen molar-refractivity contribution in [3.05, 3.63) is 11.6 Å². The first-order chi connectivity index (χ1) is 9.20. The molecule has 0 aliphatic carbocycles. The number of hydrogen-bond donors (Lipinski definition) is 3. The molecular formula is C10H16N4O5S. The maximum Gasteiger partial charge on any atom is 0.345 e. The number of sulfonamides is 1. The minimum Gasteiger partial charge on any atom is -0.353 e. The summed E-state index contributed by atoms with van der Waals surface area (Å²) in [4.78, 5) is 25.0. The summed E-state index contributed by atoms with van der Waals surface area (Å²) in [6, 6.07) is -1.93. The molecule has 0 radical (unpaired) electrons. The Morgan fingerprint density at radius 3 is 2.85 bits per heavy atom. The van der Waals surface area contributed by atoms with E-state index < -0.39 is 34.0 Å². The molecule has 0 unspecified atom stereocenters. The molecule has 0 aromatic heterocycles. The lowest BCUT2D eigenvalue weighted by molar-refractivity contribution is -0.124. The predicted molar refractivity (Wildman–Crippen MR) is 68.0 cm³/mol. The fraction of sp³-hybridized carbons (Fsp3) is 0.600. The Bertz CT molecular complexity index is 572. The van der Waals surface area contributed by atoms with Crippen LogP contribution >= 0.6 is 0 Å². The summed E-state index contributed by atoms with van der Waals surface area (Å²) in [5, 5.41) is 17.4. The van der Waals surface area contributed by atoms with Crippen LogP contribution in [-0.2, 0) is 14.8 Å². The maximum absolute atomic E-state index is 12.1. The zero-order chi connectivity index (χ0) is 15.1. The van der Waals surface area contributed by atoms with Crippen LogP contribution in [0.3, 0.4) is 0 Å². The van der Waals surface area contributed by atoms with Gasteiger partial charge in [-0.3, -0.25) is 10.0 Å². The Morgan fingerprint density at radius 2 is 2.25 bits per heavy atom. The maximum atomic E-state index is 12.1. The first-order valence-electron chi connectivity index (χ1n) is 5.96. The highest BCUT2D eigenvalue weighted by Gasteiger charge is 2.46. The van der Waals surface area contributed by atoms with Crippen molar-refractivity contribution in [2.75, 3.05) is 18.8 Å². The summed E-state index contributed by atoms with van der Waals surface area (Å²) in [5.41, 5.74) is 0.624. The van der Waals surface area contributed by atoms with E-state index >= 15 is 0 Å². The second kappa shape index (κ2) is 5.04. The normalized spacial score (nSPS) is 25.8. The van der Waals surface area contributed by atoms with Gasteiger partial charge in [0.2, 0.25) is 15.9 Å². The summed E-state index contributed by atoms with van der Waals surface area (Å²) in [6.45, 7) is 1.77. The van der Waals surface area contributed by atoms with Gasteiger partial charge in [0.05, 0.1) is 18.3 Å². The van der Waals surface area contributed by atoms with Gasteiger partial charge in [0.15, 0.2) is 0 Å². The summed E-state index contributed by atoms with van der Waals surface area (Å²) in [5.74, 6) is -0.874. The smallest absolute Gasteiger partial charge is 0.345 e. The number of hydrogen-bond acceptors (Lipinski definition) is 5. The third kappa shape index (κ3) is 2.76. The first kappa shape index (κ1) is 14.8. The number of carbonyl (C=O) groups is 2. The first-order valence-corrected chi connectivity index (χ1v) is 7.67. The molecule has 2 aliphatic rings. The van der Waals surface area contributed by atoms with Gasteiger partial charge in [-0.15, -0.1) is 0 Å². The minimum atomic E-state index is -3.65. The highest BCUT2D eigenvalue weighted by molar-refractivity contribution is 7.89. The molecule has 9 nitrogen and oxygen atoms in total. The SMILES string of the molecule is CC1=C[C@H]2CN(C(=O)N2O)[C@@H]1C(=O)NCCS(N)(=O)=O. The lowest BCUT2D eigenvalue weighted by atomic mass is 10.00. The molecule has 4 N–H and O–H groups in total. The van der Waals surface area contributed by atoms with Crippen LogP contribution in [-0.4, -0.2) is 66.5 Å². The summed E-state index contributed by atoms with van der Waals surface area (Å²) in [7, 11) is -3.65. The molecule has 0 aromatic rings. The number of nitrogens with zero attached hydrogens (tertiary/aromatic N) is 2. The van der Waals surface area contributed by atoms with Gasteiger partial charge >= 0.3 is 6.03 Å². The third-order valence-corrected chi connectivity index (χ3v) is 4.05. The number of amides is 3. The van der Waals surface area contributed by atoms with Crippen molar-refractivity contribution < 1.29 is 23.2 Å². The minimum absolute atomic E-state index is 0.129. The van der Waals surface area contributed by atoms with E-state index in [1.165, 1.54) is 4.90 Å². The molecule has 2 atom stereocenters. The molecule has 112 valence electrons. The summed E-state index contributed by atoms with van der Waals surface area (Å²) >= 11 is 0. The Balaban J connectivity index is 2.05. The Morgan fingerprint density at radius 1 is 1.60 bits per heavy atom. The molecule has 2 heterocycles. The van der Waals surface area contributed by atoms with Gasteiger partial charge in [0.25, 0.3) is 0 Å². The second-order valence-corrected chi connectivity index (χ2v) is 6.55. The fourth-order valence-corrected chi connectivity index (χ4v) is 2.76. The molecule has 0 spiro atoms. The molecule has 2 bridgehead atoms. The third-order valence-electron chi connectivity index (χ3n) is 3.27. The van der Waals surface area contributed by atoms with E-state index in [0.29, 0.717) is 10.6 Å². The van der Waals surface area contributed by atoms with Crippen molar-refractivity contribution in [2.45, 2.75) is 19.0 Å². The molecule has 0 aromatic carbocycles. The van der Waals surface area contributed by atoms with Gasteiger partial charge in [-0.05, 0) is 12.5 Å². The molecule has 2 rings (SSSR count). The summed E-state index contributed by atoms with van der Waals surface area (Å²) in [6.07, 6.45) is 1.64. The highest BCUT2D eigenvalue weighted by atomic mass is 32.2. The number of urea groups is 1. The van der Waals surface area contributed by atoms with Gasteiger partial charge in [-0.2, -0.15) is 5.06 Å². The van der Waals surface area contributed by atoms with E-state index in [2.05, 4.69) is 5.32 Å². The van der Waals surface area contributed by atoms with Crippen LogP contribution in [0.5, 0.6) is 0 Å². The average Bonchev–Trinajstić information content (AvgIpc) is 2.53. The van der Waals surface area contributed by atoms with E-state index in [1.54, 1.807) is 13.0 Å². The average molecular weight is 304 g/mol. The van der Waals surface area contributed by atoms with Gasteiger partial charge in [0, 0.05) is 6.54 Å². The van der Waals surface area contributed by atoms with Crippen LogP contribution < -0.4 is 10.5 Å². The predicted octanol–water partition coefficient (Wildman–Crippen LogP) is -1.78. The molecule has 3 amide bonds. The molecule has 2 aliphatic heterocycles. The zero-order valence-electron chi connectivity index (χ0n) is 10.8. The molecule has 1 fully saturated rings. The second-order valence-electron chi connectivity index (χ2n) is 4.82. The number of primary sulfonamides is 1. The molecule has 0 saturated carbocycles. The Labute approximate surface area is 116 Å². The molecule has 1 saturated heterocycles. The zero-order valence-corrected chi connectivity index (χ0v) is 11.6. The van der Waals surface area contributed by atoms with E-state index in [0.717, 1.165) is 0 Å². The van der Waals surface area contributed by atoms with Crippen molar-refractivity contribution in [2.24, 2.45) is 5.14 Å². The standard InChI is InChI=1S/C10H16N4O5S/c1-6-4-7-5-13(10(16)14(7)17)8(6)9(15)12-2-3-20(11,18)19/h4,7-8,17H,2-3,5H2,1H3,(H,12,15)(H2,11,18,19)/t7-,8-/m0/s1. The van der Waals surface area contributed by atoms with Crippen molar-refractivity contribution in [3.8, 4) is 0 Å². The lowest BCUT2D eigenvalue weighted by Gasteiger charge is -2.29. The molecule has 10 heteroatoms. The quantitative estimate of drug-likeness (QED) is 0.417. The monoisotopic (exact) mass is 304 g/mol. The van der Waals surface area contributed by atoms with Crippen LogP contribution in [0.15, 0.2) is 11.6 Å². The number of rotatable bonds is 4. The van der Waals surface area contributed by atoms with E-state index in [-0.39, 0.29) is 18.8 Å². The van der Waals surface area contributed by atoms with Gasteiger partial charge in [-0.25, -0.2) is 18.4 Å². The Hall–Kier alpha value is -1.65. The summed E-state index contributed by atoms with van der Waals surface area (Å²) < 4.78 is 21.6. The van der Waals surface area contributed by atoms with Gasteiger partial charge in [0.1, 0.15) is 6.04 Å². The lowest BCUT2D eigenvalue weighted by Crippen LogP contribution is -2.50. The highest BCUT2D eigenvalue weighted by Crippen LogP contribution is 2.27. The van der Waals surface area contributed by atoms with Crippen LogP contribution in [0.25, 0.3) is 0 Å². The van der Waals surface area contributed by atoms with Crippen LogP contribution in [0.4, 0.5) is 4.79 Å². The number of nitrogens with two attached hydrogens (primary N) is 1. The van der Waals surface area contributed by atoms with Crippen LogP contribution in [0.1, 0.15) is 6.92 Å². The van der Waals surface area contributed by atoms with Gasteiger partial charge < -0.3 is 10.2 Å². The largest absolute Gasteiger partial charge is 0.353 e. The molecular weight excluding hydrogens is 288 g/mol. The number of hydroxylamine groups is 2. The van der Waals surface area contributed by atoms with E-state index in [1.807, 2.05) is 0 Å². The van der Waals surface area contributed by atoms with Crippen molar-refractivity contribution in [3.63, 3.8) is 0 Å². The van der Waals surface area contributed by atoms with Crippen LogP contribution in [0.2, 0.25) is 0 Å². The van der Waals surface area contributed by atoms with Crippen molar-refractivity contribution in [1.82, 2.24) is 15.3 Å². The van der Waals surface area contributed by atoms with Gasteiger partial charge in [-0.1, -0.05) is 6.08 Å². The van der Waals surface area contributed by atoms with E-state index in [9.17, 15) is 23.2 Å². The molecule has 20 heavy (non-hydrogen) atoms. The Kier molecular flexibility index (Phi) is 3.71. The number of nitrogens with one attached hydrogen (secondary N) is 1. The number of carbonyl (C=O) groups excluding carboxylic acids is 2. The number of fused-ring (bicyclic) bond motifs is 2.